The summed E-state index contributed by atoms with van der Waals surface area (Å²) in [6.07, 6.45) is 2.26. The summed E-state index contributed by atoms with van der Waals surface area (Å²) in [6.45, 7) is 9.98. The maximum Gasteiger partial charge on any atom is 0.408 e. The Morgan fingerprint density at radius 2 is 2.00 bits per heavy atom. The zero-order valence-electron chi connectivity index (χ0n) is 26.8. The number of benzene rings is 1. The molecule has 0 unspecified atom stereocenters. The lowest BCUT2D eigenvalue weighted by Gasteiger charge is -2.31. The third-order valence-corrected chi connectivity index (χ3v) is 9.56. The van der Waals surface area contributed by atoms with Gasteiger partial charge in [0, 0.05) is 6.54 Å². The van der Waals surface area contributed by atoms with Crippen LogP contribution in [0, 0.1) is 5.82 Å². The molecule has 6 rings (SSSR count). The maximum atomic E-state index is 15.8. The van der Waals surface area contributed by atoms with E-state index in [2.05, 4.69) is 20.4 Å². The second-order valence-corrected chi connectivity index (χ2v) is 15.2. The number of aromatic nitrogens is 3. The number of carbonyl (C=O) groups excluding carboxylic acids is 2. The van der Waals surface area contributed by atoms with Crippen molar-refractivity contribution in [3.8, 4) is 17.1 Å². The fraction of sp³-hybridized carbons (Fsp3) is 0.516. The lowest BCUT2D eigenvalue weighted by atomic mass is 10.1. The summed E-state index contributed by atoms with van der Waals surface area (Å²) in [7, 11) is -4.33. The zero-order valence-corrected chi connectivity index (χ0v) is 27.6. The first kappa shape index (κ1) is 32.6. The van der Waals surface area contributed by atoms with Gasteiger partial charge in [0.2, 0.25) is 5.82 Å². The van der Waals surface area contributed by atoms with E-state index in [0.29, 0.717) is 31.1 Å². The van der Waals surface area contributed by atoms with Crippen LogP contribution in [-0.2, 0) is 30.7 Å². The number of rotatable bonds is 7. The first-order valence-electron chi connectivity index (χ1n) is 15.3. The van der Waals surface area contributed by atoms with Crippen LogP contribution in [0.25, 0.3) is 11.4 Å². The second kappa shape index (κ2) is 12.0. The van der Waals surface area contributed by atoms with Crippen molar-refractivity contribution < 1.29 is 41.1 Å². The summed E-state index contributed by atoms with van der Waals surface area (Å²) in [4.78, 5) is 38.2. The normalized spacial score (nSPS) is 20.1. The number of nitrogens with zero attached hydrogens (tertiary/aromatic N) is 5. The fourth-order valence-electron chi connectivity index (χ4n) is 5.49. The molecule has 1 atom stereocenters. The topological polar surface area (TPSA) is 166 Å². The number of pyridine rings is 1. The highest BCUT2D eigenvalue weighted by Crippen LogP contribution is 2.43. The summed E-state index contributed by atoms with van der Waals surface area (Å²) in [6, 6.07) is 3.98. The lowest BCUT2D eigenvalue weighted by molar-refractivity contribution is -0.120. The molecule has 1 aromatic carbocycles. The molecule has 0 radical (unpaired) electrons. The van der Waals surface area contributed by atoms with Gasteiger partial charge >= 0.3 is 12.1 Å². The Balaban J connectivity index is 1.38. The Morgan fingerprint density at radius 1 is 1.23 bits per heavy atom. The minimum Gasteiger partial charge on any atom is -0.489 e. The van der Waals surface area contributed by atoms with Crippen molar-refractivity contribution in [2.24, 2.45) is 0 Å². The fourth-order valence-corrected chi connectivity index (χ4v) is 7.11. The molecule has 2 fully saturated rings. The van der Waals surface area contributed by atoms with Crippen molar-refractivity contribution in [2.75, 3.05) is 35.2 Å². The molecule has 1 aliphatic carbocycles. The largest absolute Gasteiger partial charge is 0.489 e. The van der Waals surface area contributed by atoms with Gasteiger partial charge in [-0.25, -0.2) is 17.6 Å². The highest BCUT2D eigenvalue weighted by molar-refractivity contribution is 7.91. The standard InChI is InChI=1S/C31H37FN6O8S/c1-18(2)44-20-7-6-19(33-14-20)15-38-24-12-21(26-35-28(46-36-26)37-10-11-43-31(17-37)8-9-31)22(32)13-25(24)47(41,42)16-23(27(38)39)34-29(40)45-30(3,4)5/h6-7,12-14,18,23H,8-11,15-17H2,1-5H3,(H,34,40)/t23-/m0/s1. The van der Waals surface area contributed by atoms with Crippen LogP contribution in [0.2, 0.25) is 0 Å². The molecule has 1 saturated heterocycles. The highest BCUT2D eigenvalue weighted by atomic mass is 32.2. The van der Waals surface area contributed by atoms with Crippen molar-refractivity contribution in [1.29, 1.82) is 0 Å². The van der Waals surface area contributed by atoms with E-state index in [-0.39, 0.29) is 41.3 Å². The van der Waals surface area contributed by atoms with Gasteiger partial charge in [0.25, 0.3) is 5.91 Å². The first-order chi connectivity index (χ1) is 22.1. The molecule has 2 aliphatic heterocycles. The first-order valence-corrected chi connectivity index (χ1v) is 17.0. The number of fused-ring (bicyclic) bond motifs is 1. The SMILES string of the molecule is CC(C)Oc1ccc(CN2C(=O)[C@@H](NC(=O)OC(C)(C)C)CS(=O)(=O)c3cc(F)c(-c4noc(N5CCOC6(CC6)C5)n4)cc32)nc1. The summed E-state index contributed by atoms with van der Waals surface area (Å²) < 4.78 is 65.5. The predicted octanol–water partition coefficient (Wildman–Crippen LogP) is 3.64. The molecule has 4 heterocycles. The van der Waals surface area contributed by atoms with E-state index >= 15 is 4.39 Å². The molecule has 14 nitrogen and oxygen atoms in total. The smallest absolute Gasteiger partial charge is 0.408 e. The van der Waals surface area contributed by atoms with Crippen molar-refractivity contribution in [1.82, 2.24) is 20.4 Å². The third-order valence-electron chi connectivity index (χ3n) is 7.79. The highest BCUT2D eigenvalue weighted by Gasteiger charge is 2.48. The van der Waals surface area contributed by atoms with E-state index in [1.807, 2.05) is 18.7 Å². The Kier molecular flexibility index (Phi) is 8.36. The van der Waals surface area contributed by atoms with Crippen molar-refractivity contribution in [2.45, 2.75) is 82.2 Å². The quantitative estimate of drug-likeness (QED) is 0.388. The monoisotopic (exact) mass is 672 g/mol. The Morgan fingerprint density at radius 3 is 2.66 bits per heavy atom. The van der Waals surface area contributed by atoms with Gasteiger partial charge in [0.1, 0.15) is 23.2 Å². The number of carbonyl (C=O) groups is 2. The van der Waals surface area contributed by atoms with E-state index in [1.165, 1.54) is 12.3 Å². The average Bonchev–Trinajstić information content (AvgIpc) is 3.54. The Hall–Kier alpha value is -4.31. The van der Waals surface area contributed by atoms with Gasteiger partial charge in [0.05, 0.1) is 65.2 Å². The van der Waals surface area contributed by atoms with Gasteiger partial charge in [-0.05, 0) is 71.7 Å². The Bertz CT molecular complexity index is 1790. The predicted molar refractivity (Wildman–Crippen MR) is 166 cm³/mol. The molecule has 1 N–H and O–H groups in total. The molecular formula is C31H37FN6O8S. The van der Waals surface area contributed by atoms with Crippen molar-refractivity contribution in [3.63, 3.8) is 0 Å². The van der Waals surface area contributed by atoms with Gasteiger partial charge in [0.15, 0.2) is 9.84 Å². The second-order valence-electron chi connectivity index (χ2n) is 13.2. The number of morpholine rings is 1. The van der Waals surface area contributed by atoms with Crippen LogP contribution < -0.4 is 19.9 Å². The minimum absolute atomic E-state index is 0.0938. The average molecular weight is 673 g/mol. The maximum absolute atomic E-state index is 15.8. The molecule has 47 heavy (non-hydrogen) atoms. The van der Waals surface area contributed by atoms with Crippen LogP contribution in [0.1, 0.15) is 53.2 Å². The molecule has 2 aromatic heterocycles. The zero-order chi connectivity index (χ0) is 33.7. The molecule has 1 saturated carbocycles. The Labute approximate surface area is 271 Å². The van der Waals surface area contributed by atoms with Gasteiger partial charge in [-0.3, -0.25) is 9.78 Å². The molecule has 0 bridgehead atoms. The number of amides is 2. The van der Waals surface area contributed by atoms with Gasteiger partial charge < -0.3 is 33.9 Å². The molecule has 3 aromatic rings. The van der Waals surface area contributed by atoms with E-state index in [9.17, 15) is 18.0 Å². The lowest BCUT2D eigenvalue weighted by Crippen LogP contribution is -2.51. The molecule has 1 spiro atoms. The van der Waals surface area contributed by atoms with Crippen LogP contribution in [0.4, 0.5) is 20.9 Å². The van der Waals surface area contributed by atoms with E-state index < -0.39 is 49.9 Å². The van der Waals surface area contributed by atoms with Crippen LogP contribution >= 0.6 is 0 Å². The molecule has 3 aliphatic rings. The van der Waals surface area contributed by atoms with Crippen LogP contribution in [-0.4, -0.2) is 84.3 Å². The number of alkyl carbamates (subject to hydrolysis) is 1. The number of sulfone groups is 1. The number of anilines is 2. The molecule has 252 valence electrons. The van der Waals surface area contributed by atoms with Gasteiger partial charge in [-0.2, -0.15) is 4.98 Å². The van der Waals surface area contributed by atoms with Crippen molar-refractivity contribution in [3.05, 3.63) is 42.0 Å². The number of halogens is 1. The van der Waals surface area contributed by atoms with Gasteiger partial charge in [-0.15, -0.1) is 0 Å². The van der Waals surface area contributed by atoms with Gasteiger partial charge in [-0.1, -0.05) is 5.16 Å². The number of ether oxygens (including phenoxy) is 3. The molecule has 2 amide bonds. The van der Waals surface area contributed by atoms with E-state index in [4.69, 9.17) is 18.7 Å². The molecular weight excluding hydrogens is 635 g/mol. The minimum atomic E-state index is -4.33. The van der Waals surface area contributed by atoms with Crippen LogP contribution in [0.15, 0.2) is 39.9 Å². The summed E-state index contributed by atoms with van der Waals surface area (Å²) in [5.41, 5.74) is -1.06. The van der Waals surface area contributed by atoms with Crippen molar-refractivity contribution >= 4 is 33.5 Å². The molecule has 16 heteroatoms. The van der Waals surface area contributed by atoms with Crippen LogP contribution in [0.3, 0.4) is 0 Å². The summed E-state index contributed by atoms with van der Waals surface area (Å²) >= 11 is 0. The van der Waals surface area contributed by atoms with E-state index in [0.717, 1.165) is 23.8 Å². The number of hydrogen-bond acceptors (Lipinski definition) is 12. The summed E-state index contributed by atoms with van der Waals surface area (Å²) in [5.74, 6) is -2.14. The number of hydrogen-bond donors (Lipinski definition) is 1. The number of nitrogens with one attached hydrogen (secondary N) is 1. The summed E-state index contributed by atoms with van der Waals surface area (Å²) in [5, 5.41) is 6.38. The van der Waals surface area contributed by atoms with Crippen LogP contribution in [0.5, 0.6) is 5.75 Å². The third kappa shape index (κ3) is 7.17. The van der Waals surface area contributed by atoms with E-state index in [1.54, 1.807) is 32.9 Å².